The van der Waals surface area contributed by atoms with Gasteiger partial charge in [0, 0.05) is 32.7 Å². The molecule has 1 amide bonds. The number of aromatic nitrogens is 2. The van der Waals surface area contributed by atoms with Crippen molar-refractivity contribution >= 4 is 5.91 Å². The van der Waals surface area contributed by atoms with E-state index in [1.807, 2.05) is 13.0 Å². The zero-order valence-electron chi connectivity index (χ0n) is 14.1. The number of carbonyl (C=O) groups excluding carboxylic acids is 1. The molecule has 6 heteroatoms. The lowest BCUT2D eigenvalue weighted by molar-refractivity contribution is 0.0899. The molecule has 1 saturated heterocycles. The van der Waals surface area contributed by atoms with Gasteiger partial charge in [0.05, 0.1) is 5.69 Å². The summed E-state index contributed by atoms with van der Waals surface area (Å²) in [5, 5.41) is 7.30. The minimum atomic E-state index is -0.193. The summed E-state index contributed by atoms with van der Waals surface area (Å²) in [4.78, 5) is 14.6. The molecule has 1 aromatic carbocycles. The Balaban J connectivity index is 1.50. The second-order valence-electron chi connectivity index (χ2n) is 6.45. The van der Waals surface area contributed by atoms with Crippen molar-refractivity contribution in [3.05, 3.63) is 53.1 Å². The van der Waals surface area contributed by atoms with Gasteiger partial charge in [-0.2, -0.15) is 5.10 Å². The van der Waals surface area contributed by atoms with Gasteiger partial charge in [0.2, 0.25) is 0 Å². The van der Waals surface area contributed by atoms with Gasteiger partial charge in [-0.1, -0.05) is 12.1 Å². The molecule has 1 aliphatic heterocycles. The number of nitrogens with zero attached hydrogens (tertiary/aromatic N) is 3. The molecule has 24 heavy (non-hydrogen) atoms. The third kappa shape index (κ3) is 4.00. The zero-order chi connectivity index (χ0) is 17.1. The van der Waals surface area contributed by atoms with Crippen molar-refractivity contribution < 1.29 is 9.18 Å². The van der Waals surface area contributed by atoms with Gasteiger partial charge >= 0.3 is 0 Å². The fraction of sp³-hybridized carbons (Fsp3) is 0.444. The quantitative estimate of drug-likeness (QED) is 0.935. The summed E-state index contributed by atoms with van der Waals surface area (Å²) in [6.45, 7) is 4.42. The number of benzene rings is 1. The molecule has 0 atom stereocenters. The van der Waals surface area contributed by atoms with Crippen LogP contribution in [0.5, 0.6) is 0 Å². The van der Waals surface area contributed by atoms with E-state index in [1.54, 1.807) is 29.9 Å². The van der Waals surface area contributed by atoms with Crippen LogP contribution in [0.3, 0.4) is 0 Å². The zero-order valence-corrected chi connectivity index (χ0v) is 14.1. The number of carbonyl (C=O) groups is 1. The summed E-state index contributed by atoms with van der Waals surface area (Å²) in [5.74, 6) is -0.261. The molecular formula is C18H23FN4O. The topological polar surface area (TPSA) is 50.2 Å². The summed E-state index contributed by atoms with van der Waals surface area (Å²) in [6.07, 6.45) is 1.80. The second kappa shape index (κ2) is 7.13. The first-order valence-corrected chi connectivity index (χ1v) is 8.29. The smallest absolute Gasteiger partial charge is 0.269 e. The Hall–Kier alpha value is -2.21. The SMILES string of the molecule is Cc1cc(C(=O)NC2CCN(Cc3cccc(F)c3)CC2)n(C)n1. The molecule has 128 valence electrons. The van der Waals surface area contributed by atoms with Crippen LogP contribution in [0.4, 0.5) is 4.39 Å². The van der Waals surface area contributed by atoms with Crippen molar-refractivity contribution in [1.29, 1.82) is 0 Å². The Morgan fingerprint density at radius 2 is 2.08 bits per heavy atom. The minimum absolute atomic E-state index is 0.0679. The number of aryl methyl sites for hydroxylation is 2. The third-order valence-corrected chi connectivity index (χ3v) is 4.45. The Morgan fingerprint density at radius 1 is 1.33 bits per heavy atom. The average Bonchev–Trinajstić information content (AvgIpc) is 2.88. The molecule has 0 aliphatic carbocycles. The number of hydrogen-bond acceptors (Lipinski definition) is 3. The van der Waals surface area contributed by atoms with Crippen LogP contribution in [0.2, 0.25) is 0 Å². The fourth-order valence-electron chi connectivity index (χ4n) is 3.21. The second-order valence-corrected chi connectivity index (χ2v) is 6.45. The standard InChI is InChI=1S/C18H23FN4O/c1-13-10-17(22(2)21-13)18(24)20-16-6-8-23(9-7-16)12-14-4-3-5-15(19)11-14/h3-5,10-11,16H,6-9,12H2,1-2H3,(H,20,24). The van der Waals surface area contributed by atoms with E-state index in [4.69, 9.17) is 0 Å². The van der Waals surface area contributed by atoms with Gasteiger partial charge in [-0.25, -0.2) is 4.39 Å². The Bertz CT molecular complexity index is 720. The van der Waals surface area contributed by atoms with E-state index < -0.39 is 0 Å². The summed E-state index contributed by atoms with van der Waals surface area (Å²) >= 11 is 0. The molecule has 0 bridgehead atoms. The molecule has 2 heterocycles. The van der Waals surface area contributed by atoms with E-state index in [9.17, 15) is 9.18 Å². The van der Waals surface area contributed by atoms with E-state index in [-0.39, 0.29) is 17.8 Å². The maximum Gasteiger partial charge on any atom is 0.269 e. The van der Waals surface area contributed by atoms with Gasteiger partial charge < -0.3 is 5.32 Å². The molecule has 0 saturated carbocycles. The molecule has 0 spiro atoms. The number of likely N-dealkylation sites (tertiary alicyclic amines) is 1. The summed E-state index contributed by atoms with van der Waals surface area (Å²) in [6, 6.07) is 8.71. The van der Waals surface area contributed by atoms with Crippen molar-refractivity contribution in [3.63, 3.8) is 0 Å². The van der Waals surface area contributed by atoms with Crippen molar-refractivity contribution in [1.82, 2.24) is 20.0 Å². The highest BCUT2D eigenvalue weighted by atomic mass is 19.1. The Morgan fingerprint density at radius 3 is 2.71 bits per heavy atom. The van der Waals surface area contributed by atoms with E-state index in [0.717, 1.165) is 43.7 Å². The monoisotopic (exact) mass is 330 g/mol. The molecule has 1 aromatic heterocycles. The summed E-state index contributed by atoms with van der Waals surface area (Å²) < 4.78 is 14.9. The fourth-order valence-corrected chi connectivity index (χ4v) is 3.21. The molecule has 1 N–H and O–H groups in total. The van der Waals surface area contributed by atoms with Gasteiger partial charge in [-0.15, -0.1) is 0 Å². The highest BCUT2D eigenvalue weighted by Crippen LogP contribution is 2.15. The largest absolute Gasteiger partial charge is 0.348 e. The van der Waals surface area contributed by atoms with Crippen molar-refractivity contribution in [2.45, 2.75) is 32.4 Å². The molecular weight excluding hydrogens is 307 g/mol. The predicted octanol–water partition coefficient (Wildman–Crippen LogP) is 2.26. The third-order valence-electron chi connectivity index (χ3n) is 4.45. The lowest BCUT2D eigenvalue weighted by atomic mass is 10.0. The Labute approximate surface area is 141 Å². The number of amides is 1. The number of hydrogen-bond donors (Lipinski definition) is 1. The highest BCUT2D eigenvalue weighted by Gasteiger charge is 2.22. The van der Waals surface area contributed by atoms with Crippen LogP contribution in [-0.2, 0) is 13.6 Å². The van der Waals surface area contributed by atoms with Gasteiger partial charge in [0.15, 0.2) is 0 Å². The molecule has 1 fully saturated rings. The van der Waals surface area contributed by atoms with Crippen LogP contribution in [0, 0.1) is 12.7 Å². The van der Waals surface area contributed by atoms with E-state index in [0.29, 0.717) is 5.69 Å². The maximum atomic E-state index is 13.2. The van der Waals surface area contributed by atoms with Crippen molar-refractivity contribution in [3.8, 4) is 0 Å². The summed E-state index contributed by atoms with van der Waals surface area (Å²) in [5.41, 5.74) is 2.42. The predicted molar refractivity (Wildman–Crippen MR) is 90.1 cm³/mol. The molecule has 5 nitrogen and oxygen atoms in total. The van der Waals surface area contributed by atoms with Crippen LogP contribution in [0.15, 0.2) is 30.3 Å². The lowest BCUT2D eigenvalue weighted by Gasteiger charge is -2.32. The first kappa shape index (κ1) is 16.6. The van der Waals surface area contributed by atoms with Gasteiger partial charge in [-0.3, -0.25) is 14.4 Å². The molecule has 0 radical (unpaired) electrons. The van der Waals surface area contributed by atoms with Crippen LogP contribution in [-0.4, -0.2) is 39.7 Å². The minimum Gasteiger partial charge on any atom is -0.348 e. The van der Waals surface area contributed by atoms with Crippen molar-refractivity contribution in [2.24, 2.45) is 7.05 Å². The number of rotatable bonds is 4. The summed E-state index contributed by atoms with van der Waals surface area (Å²) in [7, 11) is 1.78. The Kier molecular flexibility index (Phi) is 4.94. The van der Waals surface area contributed by atoms with Gasteiger partial charge in [0.1, 0.15) is 11.5 Å². The normalized spacial score (nSPS) is 16.3. The first-order chi connectivity index (χ1) is 11.5. The lowest BCUT2D eigenvalue weighted by Crippen LogP contribution is -2.44. The van der Waals surface area contributed by atoms with Crippen LogP contribution in [0.25, 0.3) is 0 Å². The number of halogens is 1. The molecule has 2 aromatic rings. The van der Waals surface area contributed by atoms with Crippen LogP contribution >= 0.6 is 0 Å². The first-order valence-electron chi connectivity index (χ1n) is 8.29. The molecule has 3 rings (SSSR count). The van der Waals surface area contributed by atoms with E-state index >= 15 is 0 Å². The van der Waals surface area contributed by atoms with Crippen LogP contribution < -0.4 is 5.32 Å². The highest BCUT2D eigenvalue weighted by molar-refractivity contribution is 5.92. The van der Waals surface area contributed by atoms with E-state index in [2.05, 4.69) is 15.3 Å². The number of nitrogens with one attached hydrogen (secondary N) is 1. The average molecular weight is 330 g/mol. The van der Waals surface area contributed by atoms with E-state index in [1.165, 1.54) is 6.07 Å². The van der Waals surface area contributed by atoms with Gasteiger partial charge in [-0.05, 0) is 43.5 Å². The van der Waals surface area contributed by atoms with Crippen molar-refractivity contribution in [2.75, 3.05) is 13.1 Å². The maximum absolute atomic E-state index is 13.2. The molecule has 0 unspecified atom stereocenters. The number of piperidine rings is 1. The molecule has 1 aliphatic rings. The van der Waals surface area contributed by atoms with Crippen LogP contribution in [0.1, 0.15) is 34.6 Å². The van der Waals surface area contributed by atoms with Gasteiger partial charge in [0.25, 0.3) is 5.91 Å².